The van der Waals surface area contributed by atoms with Crippen LogP contribution in [0.4, 0.5) is 4.79 Å². The molecule has 2 N–H and O–H groups in total. The maximum atomic E-state index is 12.3. The van der Waals surface area contributed by atoms with Crippen molar-refractivity contribution in [3.63, 3.8) is 0 Å². The van der Waals surface area contributed by atoms with E-state index in [0.717, 1.165) is 0 Å². The average Bonchev–Trinajstić information content (AvgIpc) is 2.62. The molecule has 6 nitrogen and oxygen atoms in total. The number of urea groups is 1. The number of carbonyl (C=O) groups excluding carboxylic acids is 3. The molecular weight excluding hydrogens is 344 g/mol. The molecule has 25 heavy (non-hydrogen) atoms. The Balaban J connectivity index is 2.12. The van der Waals surface area contributed by atoms with Crippen LogP contribution < -0.4 is 10.6 Å². The topological polar surface area (TPSA) is 84.5 Å². The zero-order valence-corrected chi connectivity index (χ0v) is 14.2. The summed E-state index contributed by atoms with van der Waals surface area (Å²) in [4.78, 5) is 35.9. The molecule has 0 fully saturated rings. The van der Waals surface area contributed by atoms with Gasteiger partial charge in [0.05, 0.1) is 6.42 Å². The van der Waals surface area contributed by atoms with Crippen LogP contribution in [0.3, 0.4) is 0 Å². The van der Waals surface area contributed by atoms with Crippen molar-refractivity contribution >= 4 is 29.5 Å². The molecule has 0 heterocycles. The molecule has 1 atom stereocenters. The highest BCUT2D eigenvalue weighted by Crippen LogP contribution is 2.19. The number of carbonyl (C=O) groups is 3. The van der Waals surface area contributed by atoms with Gasteiger partial charge in [0.1, 0.15) is 0 Å². The Kier molecular flexibility index (Phi) is 6.54. The van der Waals surface area contributed by atoms with Gasteiger partial charge in [0, 0.05) is 17.6 Å². The fourth-order valence-corrected chi connectivity index (χ4v) is 2.21. The van der Waals surface area contributed by atoms with Crippen LogP contribution in [0, 0.1) is 0 Å². The SMILES string of the molecule is CNC(=O)NC(=O)C(OC(=O)Cc1ccc(Cl)cc1)c1ccccc1. The highest BCUT2D eigenvalue weighted by molar-refractivity contribution is 6.30. The van der Waals surface area contributed by atoms with E-state index in [1.807, 2.05) is 0 Å². The first-order valence-corrected chi connectivity index (χ1v) is 7.89. The normalized spacial score (nSPS) is 11.3. The van der Waals surface area contributed by atoms with Crippen LogP contribution in [0.1, 0.15) is 17.2 Å². The van der Waals surface area contributed by atoms with Gasteiger partial charge >= 0.3 is 12.0 Å². The lowest BCUT2D eigenvalue weighted by Crippen LogP contribution is -2.41. The van der Waals surface area contributed by atoms with E-state index < -0.39 is 24.0 Å². The minimum absolute atomic E-state index is 0.0201. The van der Waals surface area contributed by atoms with Crippen LogP contribution in [-0.2, 0) is 20.7 Å². The summed E-state index contributed by atoms with van der Waals surface area (Å²) in [6.45, 7) is 0. The van der Waals surface area contributed by atoms with Gasteiger partial charge in [-0.1, -0.05) is 54.1 Å². The van der Waals surface area contributed by atoms with Crippen molar-refractivity contribution in [1.82, 2.24) is 10.6 Å². The van der Waals surface area contributed by atoms with Crippen molar-refractivity contribution in [2.24, 2.45) is 0 Å². The van der Waals surface area contributed by atoms with E-state index in [-0.39, 0.29) is 6.42 Å². The van der Waals surface area contributed by atoms with E-state index >= 15 is 0 Å². The largest absolute Gasteiger partial charge is 0.447 e. The maximum Gasteiger partial charge on any atom is 0.321 e. The fraction of sp³-hybridized carbons (Fsp3) is 0.167. The molecule has 3 amide bonds. The van der Waals surface area contributed by atoms with Gasteiger partial charge in [-0.25, -0.2) is 4.79 Å². The molecule has 0 aliphatic heterocycles. The van der Waals surface area contributed by atoms with Gasteiger partial charge in [-0.3, -0.25) is 14.9 Å². The van der Waals surface area contributed by atoms with Gasteiger partial charge in [0.15, 0.2) is 0 Å². The Morgan fingerprint density at radius 2 is 1.68 bits per heavy atom. The van der Waals surface area contributed by atoms with Gasteiger partial charge in [-0.2, -0.15) is 0 Å². The molecule has 2 aromatic rings. The van der Waals surface area contributed by atoms with Crippen LogP contribution in [0.15, 0.2) is 54.6 Å². The quantitative estimate of drug-likeness (QED) is 0.803. The summed E-state index contributed by atoms with van der Waals surface area (Å²) in [6.07, 6.45) is -1.24. The van der Waals surface area contributed by atoms with Crippen LogP contribution in [0.5, 0.6) is 0 Å². The van der Waals surface area contributed by atoms with Crippen molar-refractivity contribution in [3.05, 3.63) is 70.7 Å². The van der Waals surface area contributed by atoms with E-state index in [1.165, 1.54) is 7.05 Å². The van der Waals surface area contributed by atoms with Gasteiger partial charge in [-0.15, -0.1) is 0 Å². The van der Waals surface area contributed by atoms with Crippen molar-refractivity contribution in [3.8, 4) is 0 Å². The number of nitrogens with one attached hydrogen (secondary N) is 2. The molecule has 0 aliphatic carbocycles. The Bertz CT molecular complexity index is 747. The van der Waals surface area contributed by atoms with Crippen LogP contribution in [0.2, 0.25) is 5.02 Å². The second kappa shape index (κ2) is 8.84. The maximum absolute atomic E-state index is 12.3. The van der Waals surface area contributed by atoms with Gasteiger partial charge in [0.2, 0.25) is 6.10 Å². The number of amides is 3. The predicted molar refractivity (Wildman–Crippen MR) is 93.0 cm³/mol. The molecule has 0 saturated heterocycles. The third kappa shape index (κ3) is 5.61. The average molecular weight is 361 g/mol. The molecule has 1 unspecified atom stereocenters. The minimum atomic E-state index is -1.22. The van der Waals surface area contributed by atoms with E-state index in [4.69, 9.17) is 16.3 Å². The van der Waals surface area contributed by atoms with Gasteiger partial charge < -0.3 is 10.1 Å². The summed E-state index contributed by atoms with van der Waals surface area (Å²) in [5.41, 5.74) is 1.17. The smallest absolute Gasteiger partial charge is 0.321 e. The third-order valence-electron chi connectivity index (χ3n) is 3.32. The van der Waals surface area contributed by atoms with Crippen LogP contribution in [-0.4, -0.2) is 25.0 Å². The minimum Gasteiger partial charge on any atom is -0.447 e. The third-order valence-corrected chi connectivity index (χ3v) is 3.57. The molecular formula is C18H17ClN2O4. The van der Waals surface area contributed by atoms with Gasteiger partial charge in [-0.05, 0) is 17.7 Å². The first kappa shape index (κ1) is 18.5. The molecule has 0 bridgehead atoms. The van der Waals surface area contributed by atoms with Crippen molar-refractivity contribution < 1.29 is 19.1 Å². The summed E-state index contributed by atoms with van der Waals surface area (Å²) < 4.78 is 5.31. The number of rotatable bonds is 5. The van der Waals surface area contributed by atoms with Crippen molar-refractivity contribution in [2.45, 2.75) is 12.5 Å². The highest BCUT2D eigenvalue weighted by atomic mass is 35.5. The van der Waals surface area contributed by atoms with Crippen LogP contribution >= 0.6 is 11.6 Å². The second-order valence-corrected chi connectivity index (χ2v) is 5.59. The Morgan fingerprint density at radius 1 is 1.04 bits per heavy atom. The number of imide groups is 1. The lowest BCUT2D eigenvalue weighted by atomic mass is 10.1. The number of esters is 1. The first-order valence-electron chi connectivity index (χ1n) is 7.51. The standard InChI is InChI=1S/C18H17ClN2O4/c1-20-18(24)21-17(23)16(13-5-3-2-4-6-13)25-15(22)11-12-7-9-14(19)10-8-12/h2-10,16H,11H2,1H3,(H2,20,21,23,24). The Hall–Kier alpha value is -2.86. The second-order valence-electron chi connectivity index (χ2n) is 5.15. The number of hydrogen-bond donors (Lipinski definition) is 2. The fourth-order valence-electron chi connectivity index (χ4n) is 2.08. The molecule has 7 heteroatoms. The first-order chi connectivity index (χ1) is 12.0. The Labute approximate surface area is 150 Å². The Morgan fingerprint density at radius 3 is 2.28 bits per heavy atom. The molecule has 0 spiro atoms. The van der Waals surface area contributed by atoms with Gasteiger partial charge in [0.25, 0.3) is 5.91 Å². The summed E-state index contributed by atoms with van der Waals surface area (Å²) in [5.74, 6) is -1.32. The van der Waals surface area contributed by atoms with E-state index in [2.05, 4.69) is 10.6 Å². The summed E-state index contributed by atoms with van der Waals surface area (Å²) in [7, 11) is 1.38. The van der Waals surface area contributed by atoms with E-state index in [0.29, 0.717) is 16.1 Å². The zero-order chi connectivity index (χ0) is 18.2. The molecule has 0 aromatic heterocycles. The number of benzene rings is 2. The lowest BCUT2D eigenvalue weighted by molar-refractivity contribution is -0.155. The van der Waals surface area contributed by atoms with E-state index in [1.54, 1.807) is 54.6 Å². The summed E-state index contributed by atoms with van der Waals surface area (Å²) >= 11 is 5.81. The number of halogens is 1. The van der Waals surface area contributed by atoms with Crippen LogP contribution in [0.25, 0.3) is 0 Å². The predicted octanol–water partition coefficient (Wildman–Crippen LogP) is 2.62. The number of ether oxygens (including phenoxy) is 1. The van der Waals surface area contributed by atoms with Crippen molar-refractivity contribution in [1.29, 1.82) is 0 Å². The molecule has 2 rings (SSSR count). The molecule has 0 aliphatic rings. The molecule has 0 saturated carbocycles. The molecule has 0 radical (unpaired) electrons. The summed E-state index contributed by atoms with van der Waals surface area (Å²) in [5, 5.41) is 4.96. The van der Waals surface area contributed by atoms with E-state index in [9.17, 15) is 14.4 Å². The van der Waals surface area contributed by atoms with Crippen molar-refractivity contribution in [2.75, 3.05) is 7.05 Å². The lowest BCUT2D eigenvalue weighted by Gasteiger charge is -2.17. The molecule has 130 valence electrons. The monoisotopic (exact) mass is 360 g/mol. The highest BCUT2D eigenvalue weighted by Gasteiger charge is 2.26. The summed E-state index contributed by atoms with van der Waals surface area (Å²) in [6, 6.07) is 14.5. The number of hydrogen-bond acceptors (Lipinski definition) is 4. The zero-order valence-electron chi connectivity index (χ0n) is 13.5. The molecule has 2 aromatic carbocycles.